The summed E-state index contributed by atoms with van der Waals surface area (Å²) >= 11 is 7.25. The second-order valence-corrected chi connectivity index (χ2v) is 6.06. The first-order chi connectivity index (χ1) is 8.79. The lowest BCUT2D eigenvalue weighted by molar-refractivity contribution is 0.352. The number of methoxy groups -OCH3 is 1. The van der Waals surface area contributed by atoms with Crippen molar-refractivity contribution in [2.24, 2.45) is 0 Å². The summed E-state index contributed by atoms with van der Waals surface area (Å²) in [6.07, 6.45) is 3.90. The van der Waals surface area contributed by atoms with E-state index >= 15 is 0 Å². The quantitative estimate of drug-likeness (QED) is 0.783. The lowest BCUT2D eigenvalue weighted by Crippen LogP contribution is -2.32. The smallest absolute Gasteiger partial charge is 0.136 e. The van der Waals surface area contributed by atoms with Crippen molar-refractivity contribution >= 4 is 28.3 Å². The number of rotatable bonds is 3. The van der Waals surface area contributed by atoms with Crippen molar-refractivity contribution < 1.29 is 4.74 Å². The van der Waals surface area contributed by atoms with Crippen LogP contribution in [0.25, 0.3) is 0 Å². The number of benzene rings is 1. The Balaban J connectivity index is 1.84. The highest BCUT2D eigenvalue weighted by molar-refractivity contribution is 8.22. The zero-order valence-electron chi connectivity index (χ0n) is 10.7. The van der Waals surface area contributed by atoms with Gasteiger partial charge in [-0.1, -0.05) is 36.1 Å². The summed E-state index contributed by atoms with van der Waals surface area (Å²) in [6, 6.07) is 8.19. The number of thiocarbonyl (C=S) groups is 1. The van der Waals surface area contributed by atoms with Gasteiger partial charge in [-0.25, -0.2) is 0 Å². The van der Waals surface area contributed by atoms with E-state index in [0.29, 0.717) is 0 Å². The fourth-order valence-electron chi connectivity index (χ4n) is 2.08. The van der Waals surface area contributed by atoms with Crippen LogP contribution in [0.5, 0.6) is 5.75 Å². The van der Waals surface area contributed by atoms with Crippen molar-refractivity contribution in [2.45, 2.75) is 25.0 Å². The molecule has 0 aliphatic carbocycles. The molecule has 1 aliphatic heterocycles. The van der Waals surface area contributed by atoms with Crippen molar-refractivity contribution in [3.05, 3.63) is 29.8 Å². The van der Waals surface area contributed by atoms with Crippen molar-refractivity contribution in [3.8, 4) is 5.75 Å². The number of likely N-dealkylation sites (tertiary alicyclic amines) is 1. The Morgan fingerprint density at radius 3 is 2.83 bits per heavy atom. The van der Waals surface area contributed by atoms with Gasteiger partial charge < -0.3 is 9.64 Å². The molecule has 0 bridgehead atoms. The Morgan fingerprint density at radius 1 is 1.33 bits per heavy atom. The summed E-state index contributed by atoms with van der Waals surface area (Å²) in [5.74, 6) is 1.84. The van der Waals surface area contributed by atoms with E-state index in [-0.39, 0.29) is 0 Å². The van der Waals surface area contributed by atoms with Crippen molar-refractivity contribution in [1.29, 1.82) is 0 Å². The van der Waals surface area contributed by atoms with Crippen LogP contribution < -0.4 is 4.74 Å². The fraction of sp³-hybridized carbons (Fsp3) is 0.500. The van der Waals surface area contributed by atoms with Crippen LogP contribution >= 0.6 is 24.0 Å². The van der Waals surface area contributed by atoms with E-state index in [2.05, 4.69) is 17.0 Å². The number of hydrogen-bond acceptors (Lipinski definition) is 3. The van der Waals surface area contributed by atoms with Crippen LogP contribution in [0.15, 0.2) is 24.3 Å². The summed E-state index contributed by atoms with van der Waals surface area (Å²) in [4.78, 5) is 2.34. The molecule has 1 heterocycles. The first kappa shape index (κ1) is 13.7. The lowest BCUT2D eigenvalue weighted by atomic mass is 10.1. The van der Waals surface area contributed by atoms with Gasteiger partial charge in [-0.15, -0.1) is 0 Å². The van der Waals surface area contributed by atoms with Crippen LogP contribution in [-0.4, -0.2) is 29.4 Å². The molecule has 0 spiro atoms. The van der Waals surface area contributed by atoms with Crippen LogP contribution in [0.4, 0.5) is 0 Å². The third-order valence-corrected chi connectivity index (χ3v) is 4.71. The van der Waals surface area contributed by atoms with Gasteiger partial charge >= 0.3 is 0 Å². The molecule has 0 saturated carbocycles. The molecule has 1 aromatic carbocycles. The van der Waals surface area contributed by atoms with Crippen LogP contribution in [-0.2, 0) is 5.75 Å². The second-order valence-electron chi connectivity index (χ2n) is 4.45. The number of ether oxygens (including phenoxy) is 1. The molecule has 0 atom stereocenters. The predicted octanol–water partition coefficient (Wildman–Crippen LogP) is 3.70. The molecule has 1 aromatic rings. The minimum Gasteiger partial charge on any atom is -0.497 e. The Bertz CT molecular complexity index is 403. The van der Waals surface area contributed by atoms with Gasteiger partial charge in [0, 0.05) is 18.8 Å². The van der Waals surface area contributed by atoms with Gasteiger partial charge in [-0.2, -0.15) is 0 Å². The summed E-state index contributed by atoms with van der Waals surface area (Å²) in [5, 5.41) is 0. The van der Waals surface area contributed by atoms with Gasteiger partial charge in [0.1, 0.15) is 10.1 Å². The number of piperidine rings is 1. The van der Waals surface area contributed by atoms with E-state index in [4.69, 9.17) is 17.0 Å². The third-order valence-electron chi connectivity index (χ3n) is 3.11. The molecule has 2 rings (SSSR count). The average molecular weight is 281 g/mol. The molecule has 0 radical (unpaired) electrons. The molecule has 98 valence electrons. The molecule has 4 heteroatoms. The van der Waals surface area contributed by atoms with Gasteiger partial charge in [0.15, 0.2) is 0 Å². The second kappa shape index (κ2) is 7.00. The first-order valence-electron chi connectivity index (χ1n) is 6.34. The van der Waals surface area contributed by atoms with Crippen LogP contribution in [0.2, 0.25) is 0 Å². The van der Waals surface area contributed by atoms with E-state index in [1.54, 1.807) is 18.9 Å². The minimum absolute atomic E-state index is 0.914. The van der Waals surface area contributed by atoms with Gasteiger partial charge in [0.05, 0.1) is 7.11 Å². The van der Waals surface area contributed by atoms with E-state index < -0.39 is 0 Å². The average Bonchev–Trinajstić information content (AvgIpc) is 2.46. The van der Waals surface area contributed by atoms with Crippen molar-refractivity contribution in [1.82, 2.24) is 4.90 Å². The highest BCUT2D eigenvalue weighted by Crippen LogP contribution is 2.22. The Morgan fingerprint density at radius 2 is 2.11 bits per heavy atom. The summed E-state index contributed by atoms with van der Waals surface area (Å²) in [6.45, 7) is 2.26. The maximum atomic E-state index is 5.49. The van der Waals surface area contributed by atoms with Crippen LogP contribution in [0, 0.1) is 0 Å². The molecule has 0 aromatic heterocycles. The molecule has 1 fully saturated rings. The Labute approximate surface area is 119 Å². The number of hydrogen-bond donors (Lipinski definition) is 0. The van der Waals surface area contributed by atoms with Gasteiger partial charge in [-0.3, -0.25) is 0 Å². The van der Waals surface area contributed by atoms with E-state index in [1.165, 1.54) is 24.8 Å². The van der Waals surface area contributed by atoms with Crippen LogP contribution in [0.3, 0.4) is 0 Å². The number of thioether (sulfide) groups is 1. The number of nitrogens with zero attached hydrogens (tertiary/aromatic N) is 1. The SMILES string of the molecule is COc1cccc(CSC(=S)N2CCCCC2)c1. The standard InChI is InChI=1S/C14H19NOS2/c1-16-13-7-5-6-12(10-13)11-18-14(17)15-8-3-2-4-9-15/h5-7,10H,2-4,8-9,11H2,1H3. The maximum Gasteiger partial charge on any atom is 0.136 e. The topological polar surface area (TPSA) is 12.5 Å². The summed E-state index contributed by atoms with van der Waals surface area (Å²) in [7, 11) is 1.70. The highest BCUT2D eigenvalue weighted by Gasteiger charge is 2.13. The molecular weight excluding hydrogens is 262 g/mol. The molecule has 18 heavy (non-hydrogen) atoms. The van der Waals surface area contributed by atoms with Gasteiger partial charge in [-0.05, 0) is 37.0 Å². The molecule has 0 unspecified atom stereocenters. The van der Waals surface area contributed by atoms with Crippen molar-refractivity contribution in [3.63, 3.8) is 0 Å². The molecule has 2 nitrogen and oxygen atoms in total. The fourth-order valence-corrected chi connectivity index (χ4v) is 3.27. The lowest BCUT2D eigenvalue weighted by Gasteiger charge is -2.28. The molecule has 1 saturated heterocycles. The summed E-state index contributed by atoms with van der Waals surface area (Å²) in [5.41, 5.74) is 1.26. The van der Waals surface area contributed by atoms with Crippen molar-refractivity contribution in [2.75, 3.05) is 20.2 Å². The molecule has 0 amide bonds. The monoisotopic (exact) mass is 281 g/mol. The molecule has 1 aliphatic rings. The molecular formula is C14H19NOS2. The van der Waals surface area contributed by atoms with E-state index in [1.807, 2.05) is 12.1 Å². The normalized spacial score (nSPS) is 15.5. The Hall–Kier alpha value is -0.740. The minimum atomic E-state index is 0.914. The predicted molar refractivity (Wildman–Crippen MR) is 82.3 cm³/mol. The zero-order valence-corrected chi connectivity index (χ0v) is 12.4. The Kier molecular flexibility index (Phi) is 5.32. The third kappa shape index (κ3) is 3.89. The van der Waals surface area contributed by atoms with E-state index in [9.17, 15) is 0 Å². The van der Waals surface area contributed by atoms with Crippen LogP contribution in [0.1, 0.15) is 24.8 Å². The highest BCUT2D eigenvalue weighted by atomic mass is 32.2. The first-order valence-corrected chi connectivity index (χ1v) is 7.73. The van der Waals surface area contributed by atoms with Gasteiger partial charge in [0.2, 0.25) is 0 Å². The van der Waals surface area contributed by atoms with E-state index in [0.717, 1.165) is 28.9 Å². The zero-order chi connectivity index (χ0) is 12.8. The molecule has 0 N–H and O–H groups in total. The largest absolute Gasteiger partial charge is 0.497 e. The maximum absolute atomic E-state index is 5.49. The van der Waals surface area contributed by atoms with Gasteiger partial charge in [0.25, 0.3) is 0 Å². The summed E-state index contributed by atoms with van der Waals surface area (Å²) < 4.78 is 6.26.